The fraction of sp³-hybridized carbons (Fsp3) is 0.182. The van der Waals surface area contributed by atoms with Crippen LogP contribution < -0.4 is 10.2 Å². The number of benzene rings is 1. The Labute approximate surface area is 88.5 Å². The zero-order valence-corrected chi connectivity index (χ0v) is 8.40. The van der Waals surface area contributed by atoms with Gasteiger partial charge >= 0.3 is 6.09 Å². The third kappa shape index (κ3) is 2.64. The first-order valence-corrected chi connectivity index (χ1v) is 4.40. The summed E-state index contributed by atoms with van der Waals surface area (Å²) < 4.78 is 0. The normalized spacial score (nSPS) is 9.07. The van der Waals surface area contributed by atoms with E-state index in [0.29, 0.717) is 17.9 Å². The number of hydrogen-bond acceptors (Lipinski definition) is 2. The maximum absolute atomic E-state index is 10.8. The molecule has 0 unspecified atom stereocenters. The van der Waals surface area contributed by atoms with Crippen LogP contribution in [0.5, 0.6) is 0 Å². The highest BCUT2D eigenvalue weighted by Crippen LogP contribution is 2.24. The Balaban J connectivity index is 2.96. The van der Waals surface area contributed by atoms with E-state index in [2.05, 4.69) is 11.2 Å². The van der Waals surface area contributed by atoms with Gasteiger partial charge in [0, 0.05) is 7.05 Å². The van der Waals surface area contributed by atoms with E-state index in [1.807, 2.05) is 6.07 Å². The maximum Gasteiger partial charge on any atom is 0.411 e. The predicted molar refractivity (Wildman–Crippen MR) is 60.2 cm³/mol. The van der Waals surface area contributed by atoms with Crippen molar-refractivity contribution >= 4 is 17.5 Å². The lowest BCUT2D eigenvalue weighted by molar-refractivity contribution is 0.203. The molecule has 0 aliphatic rings. The topological polar surface area (TPSA) is 52.6 Å². The van der Waals surface area contributed by atoms with Crippen molar-refractivity contribution < 1.29 is 9.90 Å². The fourth-order valence-electron chi connectivity index (χ4n) is 1.16. The quantitative estimate of drug-likeness (QED) is 0.739. The molecule has 4 heteroatoms. The molecule has 0 bridgehead atoms. The van der Waals surface area contributed by atoms with Gasteiger partial charge in [-0.3, -0.25) is 4.90 Å². The summed E-state index contributed by atoms with van der Waals surface area (Å²) in [7, 11) is 1.48. The smallest absolute Gasteiger partial charge is 0.411 e. The van der Waals surface area contributed by atoms with Crippen LogP contribution in [0.4, 0.5) is 16.2 Å². The van der Waals surface area contributed by atoms with E-state index < -0.39 is 6.09 Å². The molecule has 0 aromatic heterocycles. The zero-order valence-electron chi connectivity index (χ0n) is 8.40. The van der Waals surface area contributed by atoms with Crippen LogP contribution in [0.1, 0.15) is 0 Å². The standard InChI is InChI=1S/C11H12N2O2/c1-3-8-12-9-6-4-5-7-10(9)13(2)11(14)15/h1,4-7,12H,8H2,2H3,(H,14,15). The van der Waals surface area contributed by atoms with Crippen molar-refractivity contribution in [3.05, 3.63) is 24.3 Å². The summed E-state index contributed by atoms with van der Waals surface area (Å²) in [5.41, 5.74) is 1.29. The van der Waals surface area contributed by atoms with Gasteiger partial charge in [0.2, 0.25) is 0 Å². The van der Waals surface area contributed by atoms with Gasteiger partial charge in [0.15, 0.2) is 0 Å². The van der Waals surface area contributed by atoms with E-state index in [1.54, 1.807) is 18.2 Å². The van der Waals surface area contributed by atoms with E-state index in [1.165, 1.54) is 7.05 Å². The average molecular weight is 204 g/mol. The summed E-state index contributed by atoms with van der Waals surface area (Å²) in [5.74, 6) is 2.43. The van der Waals surface area contributed by atoms with Gasteiger partial charge < -0.3 is 10.4 Å². The van der Waals surface area contributed by atoms with Crippen molar-refractivity contribution in [3.8, 4) is 12.3 Å². The first-order valence-electron chi connectivity index (χ1n) is 4.40. The van der Waals surface area contributed by atoms with Crippen LogP contribution in [0, 0.1) is 12.3 Å². The summed E-state index contributed by atoms with van der Waals surface area (Å²) in [4.78, 5) is 11.9. The van der Waals surface area contributed by atoms with E-state index in [4.69, 9.17) is 11.5 Å². The number of para-hydroxylation sites is 2. The fourth-order valence-corrected chi connectivity index (χ4v) is 1.16. The molecule has 0 aliphatic heterocycles. The van der Waals surface area contributed by atoms with Gasteiger partial charge in [0.05, 0.1) is 17.9 Å². The van der Waals surface area contributed by atoms with Gasteiger partial charge in [0.25, 0.3) is 0 Å². The molecule has 1 aromatic carbocycles. The first kappa shape index (κ1) is 10.9. The third-order valence-corrected chi connectivity index (χ3v) is 1.93. The second-order valence-corrected chi connectivity index (χ2v) is 2.92. The second kappa shape index (κ2) is 4.91. The minimum absolute atomic E-state index is 0.366. The van der Waals surface area contributed by atoms with E-state index in [0.717, 1.165) is 4.90 Å². The Bertz CT molecular complexity index is 396. The van der Waals surface area contributed by atoms with Crippen LogP contribution in [-0.2, 0) is 0 Å². The Morgan fingerprint density at radius 3 is 2.87 bits per heavy atom. The molecule has 0 radical (unpaired) electrons. The number of nitrogens with one attached hydrogen (secondary N) is 1. The summed E-state index contributed by atoms with van der Waals surface area (Å²) in [6, 6.07) is 7.09. The Kier molecular flexibility index (Phi) is 3.58. The molecule has 1 aromatic rings. The number of amides is 1. The van der Waals surface area contributed by atoms with Crippen molar-refractivity contribution in [1.29, 1.82) is 0 Å². The highest BCUT2D eigenvalue weighted by molar-refractivity contribution is 5.90. The van der Waals surface area contributed by atoms with Crippen LogP contribution >= 0.6 is 0 Å². The van der Waals surface area contributed by atoms with Crippen LogP contribution in [-0.4, -0.2) is 24.8 Å². The van der Waals surface area contributed by atoms with Gasteiger partial charge in [-0.15, -0.1) is 6.42 Å². The Morgan fingerprint density at radius 2 is 2.27 bits per heavy atom. The van der Waals surface area contributed by atoms with Crippen molar-refractivity contribution in [2.75, 3.05) is 23.8 Å². The molecule has 0 saturated carbocycles. The molecule has 1 amide bonds. The Hall–Kier alpha value is -2.15. The molecule has 0 atom stereocenters. The molecule has 0 saturated heterocycles. The molecule has 0 heterocycles. The second-order valence-electron chi connectivity index (χ2n) is 2.92. The summed E-state index contributed by atoms with van der Waals surface area (Å²) in [6.45, 7) is 0.366. The predicted octanol–water partition coefficient (Wildman–Crippen LogP) is 1.85. The summed E-state index contributed by atoms with van der Waals surface area (Å²) in [6.07, 6.45) is 4.11. The maximum atomic E-state index is 10.8. The number of rotatable bonds is 3. The van der Waals surface area contributed by atoms with Crippen LogP contribution in [0.3, 0.4) is 0 Å². The van der Waals surface area contributed by atoms with Crippen LogP contribution in [0.25, 0.3) is 0 Å². The molecule has 1 rings (SSSR count). The van der Waals surface area contributed by atoms with E-state index >= 15 is 0 Å². The number of carboxylic acid groups (broad SMARTS) is 1. The van der Waals surface area contributed by atoms with Gasteiger partial charge in [-0.25, -0.2) is 4.79 Å². The highest BCUT2D eigenvalue weighted by atomic mass is 16.4. The first-order chi connectivity index (χ1) is 7.16. The number of carbonyl (C=O) groups is 1. The average Bonchev–Trinajstić information content (AvgIpc) is 2.25. The van der Waals surface area contributed by atoms with E-state index in [-0.39, 0.29) is 0 Å². The largest absolute Gasteiger partial charge is 0.465 e. The van der Waals surface area contributed by atoms with Crippen molar-refractivity contribution in [3.63, 3.8) is 0 Å². The molecule has 0 aliphatic carbocycles. The number of anilines is 2. The highest BCUT2D eigenvalue weighted by Gasteiger charge is 2.11. The molecule has 0 spiro atoms. The van der Waals surface area contributed by atoms with Gasteiger partial charge in [0.1, 0.15) is 0 Å². The summed E-state index contributed by atoms with van der Waals surface area (Å²) in [5, 5.41) is 11.8. The minimum atomic E-state index is -1.01. The zero-order chi connectivity index (χ0) is 11.3. The summed E-state index contributed by atoms with van der Waals surface area (Å²) >= 11 is 0. The number of terminal acetylenes is 1. The molecule has 2 N–H and O–H groups in total. The lowest BCUT2D eigenvalue weighted by Gasteiger charge is -2.17. The lowest BCUT2D eigenvalue weighted by Crippen LogP contribution is -2.24. The van der Waals surface area contributed by atoms with Crippen molar-refractivity contribution in [1.82, 2.24) is 0 Å². The van der Waals surface area contributed by atoms with Crippen molar-refractivity contribution in [2.45, 2.75) is 0 Å². The van der Waals surface area contributed by atoms with E-state index in [9.17, 15) is 4.79 Å². The lowest BCUT2D eigenvalue weighted by atomic mass is 10.2. The molecule has 78 valence electrons. The van der Waals surface area contributed by atoms with Gasteiger partial charge in [-0.2, -0.15) is 0 Å². The molecular formula is C11H12N2O2. The van der Waals surface area contributed by atoms with Gasteiger partial charge in [-0.05, 0) is 12.1 Å². The van der Waals surface area contributed by atoms with Crippen molar-refractivity contribution in [2.24, 2.45) is 0 Å². The van der Waals surface area contributed by atoms with Crippen LogP contribution in [0.15, 0.2) is 24.3 Å². The SMILES string of the molecule is C#CCNc1ccccc1N(C)C(=O)O. The molecular weight excluding hydrogens is 192 g/mol. The molecule has 15 heavy (non-hydrogen) atoms. The Morgan fingerprint density at radius 1 is 1.60 bits per heavy atom. The number of nitrogens with zero attached hydrogens (tertiary/aromatic N) is 1. The minimum Gasteiger partial charge on any atom is -0.465 e. The van der Waals surface area contributed by atoms with Gasteiger partial charge in [-0.1, -0.05) is 18.1 Å². The molecule has 0 fully saturated rings. The monoisotopic (exact) mass is 204 g/mol. The number of hydrogen-bond donors (Lipinski definition) is 2. The van der Waals surface area contributed by atoms with Crippen LogP contribution in [0.2, 0.25) is 0 Å². The molecule has 4 nitrogen and oxygen atoms in total. The third-order valence-electron chi connectivity index (χ3n) is 1.93.